The Hall–Kier alpha value is -3.09. The highest BCUT2D eigenvalue weighted by atomic mass is 35.5. The second-order valence-electron chi connectivity index (χ2n) is 8.70. The van der Waals surface area contributed by atoms with E-state index in [4.69, 9.17) is 16.3 Å². The molecule has 4 rings (SSSR count). The minimum Gasteiger partial charge on any atom is -0.676 e. The maximum atomic E-state index is 12.9. The van der Waals surface area contributed by atoms with Crippen molar-refractivity contribution < 1.29 is 20.1 Å². The van der Waals surface area contributed by atoms with Crippen LogP contribution in [-0.4, -0.2) is 35.8 Å². The second kappa shape index (κ2) is 9.81. The zero-order chi connectivity index (χ0) is 23.5. The minimum absolute atomic E-state index is 0.0538. The molecule has 3 N–H and O–H groups in total. The number of para-hydroxylation sites is 1. The molecule has 0 aliphatic carbocycles. The first-order chi connectivity index (χ1) is 15.8. The minimum atomic E-state index is -0.544. The lowest BCUT2D eigenvalue weighted by Crippen LogP contribution is -2.57. The number of allylic oxidation sites excluding steroid dienone is 2. The van der Waals surface area contributed by atoms with Crippen LogP contribution in [0.2, 0.25) is 0 Å². The monoisotopic (exact) mass is 465 g/mol. The topological polar surface area (TPSA) is 88.3 Å². The van der Waals surface area contributed by atoms with Crippen molar-refractivity contribution in [2.75, 3.05) is 13.1 Å². The van der Waals surface area contributed by atoms with Crippen molar-refractivity contribution in [3.63, 3.8) is 0 Å². The van der Waals surface area contributed by atoms with Gasteiger partial charge in [0.05, 0.1) is 5.56 Å². The van der Waals surface area contributed by atoms with Gasteiger partial charge in [0, 0.05) is 24.0 Å². The highest BCUT2D eigenvalue weighted by molar-refractivity contribution is 6.31. The van der Waals surface area contributed by atoms with E-state index in [2.05, 4.69) is 24.9 Å². The molecule has 2 amide bonds. The molecular formula is C26H28ClN3O3. The zero-order valence-electron chi connectivity index (χ0n) is 18.8. The first-order valence-corrected chi connectivity index (χ1v) is 11.5. The average Bonchev–Trinajstić information content (AvgIpc) is 3.29. The van der Waals surface area contributed by atoms with Gasteiger partial charge in [0.2, 0.25) is 5.91 Å². The number of carbonyl (C=O) groups excluding carboxylic acids is 2. The van der Waals surface area contributed by atoms with Crippen LogP contribution in [0.1, 0.15) is 53.6 Å². The van der Waals surface area contributed by atoms with Crippen LogP contribution in [0.5, 0.6) is 11.5 Å². The predicted molar refractivity (Wildman–Crippen MR) is 128 cm³/mol. The molecule has 0 saturated carbocycles. The maximum Gasteiger partial charge on any atom is 0.341 e. The number of benzene rings is 2. The fourth-order valence-electron chi connectivity index (χ4n) is 4.35. The van der Waals surface area contributed by atoms with E-state index in [9.17, 15) is 9.59 Å². The molecule has 0 aromatic heterocycles. The Bertz CT molecular complexity index is 1130. The second-order valence-corrected chi connectivity index (χ2v) is 9.14. The van der Waals surface area contributed by atoms with Crippen LogP contribution in [0.15, 0.2) is 65.8 Å². The van der Waals surface area contributed by atoms with Gasteiger partial charge in [-0.3, -0.25) is 10.5 Å². The van der Waals surface area contributed by atoms with E-state index < -0.39 is 6.04 Å². The van der Waals surface area contributed by atoms with E-state index in [0.29, 0.717) is 35.4 Å². The molecule has 2 aromatic rings. The number of hydrogen-bond donors (Lipinski definition) is 1. The SMILES string of the molecule is CC(C)c1ccccc1Oc1ccc(C2CCN(C(=O)C3C=CC(Cl)=C[N-]3)C2)c(C([NH3+])=O)c1. The third kappa shape index (κ3) is 5.13. The lowest BCUT2D eigenvalue weighted by molar-refractivity contribution is -0.255. The maximum absolute atomic E-state index is 12.9. The predicted octanol–water partition coefficient (Wildman–Crippen LogP) is 4.69. The molecule has 6 nitrogen and oxygen atoms in total. The lowest BCUT2D eigenvalue weighted by atomic mass is 9.93. The van der Waals surface area contributed by atoms with Gasteiger partial charge in [-0.2, -0.15) is 6.20 Å². The van der Waals surface area contributed by atoms with Gasteiger partial charge in [-0.15, -0.1) is 0 Å². The van der Waals surface area contributed by atoms with Crippen LogP contribution in [0.3, 0.4) is 0 Å². The molecular weight excluding hydrogens is 438 g/mol. The molecule has 0 bridgehead atoms. The summed E-state index contributed by atoms with van der Waals surface area (Å²) < 4.78 is 6.15. The molecule has 2 heterocycles. The average molecular weight is 466 g/mol. The molecule has 33 heavy (non-hydrogen) atoms. The standard InChI is InChI=1S/C26H27ClN3O3/c1-16(2)20-5-3-4-6-24(20)33-19-8-9-21(22(13-19)25(28)31)17-11-12-30(15-17)26(32)23-10-7-18(27)14-29-23/h3-10,13-14,16-17,23H,11-12,15H2,1-2H3,(H2,28,31)/q-1/p+1. The number of hydrogen-bond acceptors (Lipinski definition) is 3. The van der Waals surface area contributed by atoms with Gasteiger partial charge in [-0.25, -0.2) is 4.79 Å². The van der Waals surface area contributed by atoms with Gasteiger partial charge >= 0.3 is 5.91 Å². The number of ether oxygens (including phenoxy) is 1. The van der Waals surface area contributed by atoms with Gasteiger partial charge in [0.25, 0.3) is 0 Å². The summed E-state index contributed by atoms with van der Waals surface area (Å²) in [7, 11) is 0. The Morgan fingerprint density at radius 3 is 2.70 bits per heavy atom. The van der Waals surface area contributed by atoms with E-state index in [1.807, 2.05) is 36.4 Å². The highest BCUT2D eigenvalue weighted by Gasteiger charge is 2.31. The smallest absolute Gasteiger partial charge is 0.341 e. The summed E-state index contributed by atoms with van der Waals surface area (Å²) in [6.07, 6.45) is 5.69. The Labute approximate surface area is 199 Å². The largest absolute Gasteiger partial charge is 0.676 e. The Balaban J connectivity index is 1.51. The first kappa shape index (κ1) is 23.1. The fraction of sp³-hybridized carbons (Fsp3) is 0.308. The molecule has 7 heteroatoms. The summed E-state index contributed by atoms with van der Waals surface area (Å²) in [5.41, 5.74) is 6.19. The molecule has 1 fully saturated rings. The summed E-state index contributed by atoms with van der Waals surface area (Å²) in [5.74, 6) is 1.43. The Kier molecular flexibility index (Phi) is 6.86. The molecule has 2 aromatic carbocycles. The van der Waals surface area contributed by atoms with Crippen LogP contribution in [0, 0.1) is 0 Å². The van der Waals surface area contributed by atoms with Gasteiger partial charge in [-0.05, 0) is 47.7 Å². The summed E-state index contributed by atoms with van der Waals surface area (Å²) in [5, 5.41) is 4.73. The summed E-state index contributed by atoms with van der Waals surface area (Å²) in [6.45, 7) is 5.38. The van der Waals surface area contributed by atoms with Crippen molar-refractivity contribution in [1.29, 1.82) is 0 Å². The van der Waals surface area contributed by atoms with E-state index in [-0.39, 0.29) is 17.7 Å². The number of rotatable bonds is 6. The van der Waals surface area contributed by atoms with Gasteiger partial charge in [-0.1, -0.05) is 61.9 Å². The normalized spacial score (nSPS) is 19.9. The number of quaternary nitrogens is 1. The van der Waals surface area contributed by atoms with Gasteiger partial charge in [0.1, 0.15) is 11.5 Å². The number of carbonyl (C=O) groups is 2. The van der Waals surface area contributed by atoms with Crippen molar-refractivity contribution in [1.82, 2.24) is 4.90 Å². The number of halogens is 1. The first-order valence-electron chi connectivity index (χ1n) is 11.1. The highest BCUT2D eigenvalue weighted by Crippen LogP contribution is 2.35. The number of nitrogens with zero attached hydrogens (tertiary/aromatic N) is 2. The third-order valence-electron chi connectivity index (χ3n) is 6.08. The molecule has 2 aliphatic heterocycles. The molecule has 2 aliphatic rings. The lowest BCUT2D eigenvalue weighted by Gasteiger charge is -2.32. The summed E-state index contributed by atoms with van der Waals surface area (Å²) >= 11 is 5.89. The van der Waals surface area contributed by atoms with Crippen molar-refractivity contribution in [2.45, 2.75) is 38.1 Å². The Morgan fingerprint density at radius 1 is 1.21 bits per heavy atom. The molecule has 0 spiro atoms. The molecule has 1 saturated heterocycles. The van der Waals surface area contributed by atoms with Crippen LogP contribution in [-0.2, 0) is 4.79 Å². The molecule has 172 valence electrons. The van der Waals surface area contributed by atoms with E-state index in [1.54, 1.807) is 23.1 Å². The molecule has 2 unspecified atom stereocenters. The van der Waals surface area contributed by atoms with E-state index >= 15 is 0 Å². The molecule has 0 radical (unpaired) electrons. The van der Waals surface area contributed by atoms with Gasteiger partial charge in [0.15, 0.2) is 0 Å². The third-order valence-corrected chi connectivity index (χ3v) is 6.31. The quantitative estimate of drug-likeness (QED) is 0.671. The van der Waals surface area contributed by atoms with E-state index in [1.165, 1.54) is 6.20 Å². The zero-order valence-corrected chi connectivity index (χ0v) is 19.6. The van der Waals surface area contributed by atoms with Crippen molar-refractivity contribution in [3.05, 3.63) is 87.9 Å². The van der Waals surface area contributed by atoms with Crippen molar-refractivity contribution in [3.8, 4) is 11.5 Å². The van der Waals surface area contributed by atoms with Crippen LogP contribution in [0.25, 0.3) is 5.32 Å². The van der Waals surface area contributed by atoms with Gasteiger partial charge < -0.3 is 15.0 Å². The van der Waals surface area contributed by atoms with Crippen molar-refractivity contribution >= 4 is 23.4 Å². The summed E-state index contributed by atoms with van der Waals surface area (Å²) in [4.78, 5) is 27.1. The fourth-order valence-corrected chi connectivity index (χ4v) is 4.48. The Morgan fingerprint density at radius 2 is 2.00 bits per heavy atom. The number of likely N-dealkylation sites (tertiary alicyclic amines) is 1. The molecule has 2 atom stereocenters. The number of amides is 2. The summed E-state index contributed by atoms with van der Waals surface area (Å²) in [6, 6.07) is 12.9. The van der Waals surface area contributed by atoms with Crippen LogP contribution in [0.4, 0.5) is 0 Å². The van der Waals surface area contributed by atoms with Crippen LogP contribution >= 0.6 is 11.6 Å². The van der Waals surface area contributed by atoms with Crippen molar-refractivity contribution in [2.24, 2.45) is 0 Å². The van der Waals surface area contributed by atoms with Crippen LogP contribution < -0.4 is 10.5 Å². The van der Waals surface area contributed by atoms with E-state index in [0.717, 1.165) is 23.3 Å².